The first kappa shape index (κ1) is 32.2. The minimum absolute atomic E-state index is 1.20. The SMILES string of the molecule is CSc1ccc(-c2ccccc2-c2cc(-c3ccccc3-c3ccc(SC)cc3)cc(-c3ccccc3-c3ccc(SC)cc3)c2)cc1. The van der Waals surface area contributed by atoms with Crippen LogP contribution in [0.5, 0.6) is 0 Å². The maximum atomic E-state index is 2.38. The third-order valence-electron chi connectivity index (χ3n) is 8.85. The number of rotatable bonds is 9. The van der Waals surface area contributed by atoms with Gasteiger partial charge >= 0.3 is 0 Å². The van der Waals surface area contributed by atoms with E-state index in [2.05, 4.69) is 183 Å². The van der Waals surface area contributed by atoms with Crippen molar-refractivity contribution >= 4 is 35.3 Å². The summed E-state index contributed by atoms with van der Waals surface area (Å²) in [4.78, 5) is 3.81. The molecule has 0 saturated heterocycles. The summed E-state index contributed by atoms with van der Waals surface area (Å²) < 4.78 is 0. The third kappa shape index (κ3) is 6.77. The quantitative estimate of drug-likeness (QED) is 0.140. The summed E-state index contributed by atoms with van der Waals surface area (Å²) in [5, 5.41) is 0. The molecule has 0 amide bonds. The lowest BCUT2D eigenvalue weighted by Gasteiger charge is -2.18. The second-order valence-corrected chi connectivity index (χ2v) is 14.3. The summed E-state index contributed by atoms with van der Waals surface area (Å²) in [7, 11) is 0. The number of thioether (sulfide) groups is 3. The van der Waals surface area contributed by atoms with E-state index >= 15 is 0 Å². The molecule has 7 aromatic rings. The predicted molar refractivity (Wildman–Crippen MR) is 214 cm³/mol. The van der Waals surface area contributed by atoms with Gasteiger partial charge in [-0.25, -0.2) is 0 Å². The average Bonchev–Trinajstić information content (AvgIpc) is 3.18. The van der Waals surface area contributed by atoms with E-state index in [0.29, 0.717) is 0 Å². The van der Waals surface area contributed by atoms with E-state index in [4.69, 9.17) is 0 Å². The van der Waals surface area contributed by atoms with E-state index in [1.54, 1.807) is 35.3 Å². The van der Waals surface area contributed by atoms with Crippen molar-refractivity contribution in [3.8, 4) is 66.8 Å². The highest BCUT2D eigenvalue weighted by Crippen LogP contribution is 2.42. The van der Waals surface area contributed by atoms with Crippen molar-refractivity contribution in [3.63, 3.8) is 0 Å². The molecule has 3 heteroatoms. The van der Waals surface area contributed by atoms with Crippen molar-refractivity contribution in [3.05, 3.63) is 164 Å². The van der Waals surface area contributed by atoms with Crippen LogP contribution in [-0.4, -0.2) is 18.8 Å². The zero-order valence-electron chi connectivity index (χ0n) is 27.3. The number of hydrogen-bond acceptors (Lipinski definition) is 3. The Morgan fingerprint density at radius 3 is 0.667 bits per heavy atom. The Morgan fingerprint density at radius 2 is 0.458 bits per heavy atom. The molecule has 0 unspecified atom stereocenters. The van der Waals surface area contributed by atoms with Gasteiger partial charge in [-0.15, -0.1) is 35.3 Å². The summed E-state index contributed by atoms with van der Waals surface area (Å²) in [6.07, 6.45) is 6.37. The van der Waals surface area contributed by atoms with Crippen LogP contribution in [0.15, 0.2) is 178 Å². The Hall–Kier alpha value is -4.41. The highest BCUT2D eigenvalue weighted by Gasteiger charge is 2.16. The Kier molecular flexibility index (Phi) is 9.90. The van der Waals surface area contributed by atoms with Gasteiger partial charge in [0.25, 0.3) is 0 Å². The third-order valence-corrected chi connectivity index (χ3v) is 11.1. The topological polar surface area (TPSA) is 0 Å². The van der Waals surface area contributed by atoms with Crippen LogP contribution < -0.4 is 0 Å². The smallest absolute Gasteiger partial charge is 0.00695 e. The lowest BCUT2D eigenvalue weighted by molar-refractivity contribution is 1.45. The molecule has 0 aliphatic heterocycles. The van der Waals surface area contributed by atoms with Gasteiger partial charge in [0.1, 0.15) is 0 Å². The van der Waals surface area contributed by atoms with Crippen LogP contribution in [0.1, 0.15) is 0 Å². The molecule has 0 aliphatic carbocycles. The molecule has 0 radical (unpaired) electrons. The normalized spacial score (nSPS) is 11.1. The molecule has 0 N–H and O–H groups in total. The van der Waals surface area contributed by atoms with Crippen molar-refractivity contribution in [2.24, 2.45) is 0 Å². The summed E-state index contributed by atoms with van der Waals surface area (Å²) in [6, 6.07) is 60.4. The molecular formula is C45H36S3. The van der Waals surface area contributed by atoms with Gasteiger partial charge in [-0.1, -0.05) is 109 Å². The molecule has 0 atom stereocenters. The van der Waals surface area contributed by atoms with E-state index in [1.165, 1.54) is 81.4 Å². The van der Waals surface area contributed by atoms with Crippen LogP contribution in [0.2, 0.25) is 0 Å². The summed E-state index contributed by atoms with van der Waals surface area (Å²) in [6.45, 7) is 0. The van der Waals surface area contributed by atoms with Gasteiger partial charge in [0.2, 0.25) is 0 Å². The average molecular weight is 673 g/mol. The molecule has 48 heavy (non-hydrogen) atoms. The van der Waals surface area contributed by atoms with Crippen LogP contribution in [0, 0.1) is 0 Å². The van der Waals surface area contributed by atoms with Gasteiger partial charge in [-0.05, 0) is 140 Å². The molecule has 0 fully saturated rings. The maximum Gasteiger partial charge on any atom is 0.00695 e. The molecule has 0 aliphatic rings. The molecule has 0 bridgehead atoms. The van der Waals surface area contributed by atoms with Gasteiger partial charge in [0.15, 0.2) is 0 Å². The molecule has 7 aromatic carbocycles. The van der Waals surface area contributed by atoms with Crippen molar-refractivity contribution in [1.29, 1.82) is 0 Å². The van der Waals surface area contributed by atoms with Crippen LogP contribution in [0.4, 0.5) is 0 Å². The second-order valence-electron chi connectivity index (χ2n) is 11.6. The molecule has 7 rings (SSSR count). The van der Waals surface area contributed by atoms with E-state index in [9.17, 15) is 0 Å². The zero-order chi connectivity index (χ0) is 32.9. The predicted octanol–water partition coefficient (Wildman–Crippen LogP) is 13.9. The summed E-state index contributed by atoms with van der Waals surface area (Å²) in [5.41, 5.74) is 14.6. The maximum absolute atomic E-state index is 2.38. The van der Waals surface area contributed by atoms with Gasteiger partial charge in [-0.3, -0.25) is 0 Å². The summed E-state index contributed by atoms with van der Waals surface area (Å²) in [5.74, 6) is 0. The Labute approximate surface area is 297 Å². The Balaban J connectivity index is 1.45. The first-order chi connectivity index (χ1) is 23.6. The summed E-state index contributed by atoms with van der Waals surface area (Å²) >= 11 is 5.32. The van der Waals surface area contributed by atoms with Gasteiger partial charge in [-0.2, -0.15) is 0 Å². The van der Waals surface area contributed by atoms with Crippen molar-refractivity contribution in [2.45, 2.75) is 14.7 Å². The first-order valence-electron chi connectivity index (χ1n) is 16.0. The molecule has 0 heterocycles. The first-order valence-corrected chi connectivity index (χ1v) is 19.7. The highest BCUT2D eigenvalue weighted by molar-refractivity contribution is 7.99. The Bertz CT molecular complexity index is 1900. The Morgan fingerprint density at radius 1 is 0.250 bits per heavy atom. The van der Waals surface area contributed by atoms with E-state index in [-0.39, 0.29) is 0 Å². The van der Waals surface area contributed by atoms with E-state index in [1.807, 2.05) is 0 Å². The van der Waals surface area contributed by atoms with E-state index in [0.717, 1.165) is 0 Å². The van der Waals surface area contributed by atoms with Crippen LogP contribution in [0.3, 0.4) is 0 Å². The molecule has 0 aromatic heterocycles. The van der Waals surface area contributed by atoms with Crippen LogP contribution in [0.25, 0.3) is 66.8 Å². The van der Waals surface area contributed by atoms with Crippen molar-refractivity contribution < 1.29 is 0 Å². The fourth-order valence-corrected chi connectivity index (χ4v) is 7.59. The second kappa shape index (κ2) is 14.8. The fourth-order valence-electron chi connectivity index (χ4n) is 6.37. The van der Waals surface area contributed by atoms with Gasteiger partial charge in [0.05, 0.1) is 0 Å². The van der Waals surface area contributed by atoms with E-state index < -0.39 is 0 Å². The van der Waals surface area contributed by atoms with Crippen molar-refractivity contribution in [2.75, 3.05) is 18.8 Å². The monoisotopic (exact) mass is 672 g/mol. The molecule has 0 nitrogen and oxygen atoms in total. The van der Waals surface area contributed by atoms with Crippen LogP contribution in [-0.2, 0) is 0 Å². The number of hydrogen-bond donors (Lipinski definition) is 0. The zero-order valence-corrected chi connectivity index (χ0v) is 29.8. The number of benzene rings is 7. The largest absolute Gasteiger partial charge is 0.130 e. The minimum Gasteiger partial charge on any atom is -0.130 e. The standard InChI is InChI=1S/C45H36S3/c1-46-37-22-16-31(17-23-37)40-10-4-7-13-43(40)34-28-35(44-14-8-5-11-41(44)32-18-24-38(47-2)25-19-32)30-36(29-34)45-15-9-6-12-42(45)33-20-26-39(48-3)27-21-33/h4-30H,1-3H3. The minimum atomic E-state index is 1.20. The fraction of sp³-hybridized carbons (Fsp3) is 0.0667. The van der Waals surface area contributed by atoms with Crippen LogP contribution >= 0.6 is 35.3 Å². The molecule has 0 saturated carbocycles. The van der Waals surface area contributed by atoms with Gasteiger partial charge < -0.3 is 0 Å². The lowest BCUT2D eigenvalue weighted by atomic mass is 9.86. The van der Waals surface area contributed by atoms with Gasteiger partial charge in [0, 0.05) is 14.7 Å². The molecule has 234 valence electrons. The lowest BCUT2D eigenvalue weighted by Crippen LogP contribution is -1.92. The molecule has 0 spiro atoms. The highest BCUT2D eigenvalue weighted by atomic mass is 32.2. The molecular weight excluding hydrogens is 637 g/mol. The van der Waals surface area contributed by atoms with Crippen molar-refractivity contribution in [1.82, 2.24) is 0 Å².